The van der Waals surface area contributed by atoms with E-state index in [2.05, 4.69) is 209 Å². The van der Waals surface area contributed by atoms with E-state index in [0.717, 1.165) is 17.1 Å². The number of rotatable bonds is 5. The number of benzene rings is 8. The lowest BCUT2D eigenvalue weighted by Crippen LogP contribution is -2.16. The highest BCUT2D eigenvalue weighted by Gasteiger charge is 2.37. The van der Waals surface area contributed by atoms with E-state index >= 15 is 0 Å². The summed E-state index contributed by atoms with van der Waals surface area (Å²) in [5.74, 6) is 0. The Morgan fingerprint density at radius 1 is 0.321 bits per heavy atom. The molecule has 53 heavy (non-hydrogen) atoms. The molecule has 8 aromatic rings. The molecule has 0 atom stereocenters. The molecule has 0 unspecified atom stereocenters. The van der Waals surface area contributed by atoms with Gasteiger partial charge < -0.3 is 4.90 Å². The molecule has 0 saturated heterocycles. The second kappa shape index (κ2) is 11.7. The van der Waals surface area contributed by atoms with E-state index in [9.17, 15) is 0 Å². The summed E-state index contributed by atoms with van der Waals surface area (Å²) in [6.45, 7) is 9.44. The molecule has 0 aliphatic heterocycles. The summed E-state index contributed by atoms with van der Waals surface area (Å²) < 4.78 is 0. The highest BCUT2D eigenvalue weighted by molar-refractivity contribution is 5.92. The highest BCUT2D eigenvalue weighted by atomic mass is 15.1. The van der Waals surface area contributed by atoms with Crippen molar-refractivity contribution in [3.05, 3.63) is 198 Å². The third-order valence-electron chi connectivity index (χ3n) is 12.0. The first-order valence-electron chi connectivity index (χ1n) is 18.8. The van der Waals surface area contributed by atoms with Crippen LogP contribution >= 0.6 is 0 Å². The van der Waals surface area contributed by atoms with Gasteiger partial charge in [0.05, 0.1) is 0 Å². The van der Waals surface area contributed by atoms with Crippen LogP contribution in [-0.2, 0) is 10.8 Å². The van der Waals surface area contributed by atoms with Crippen molar-refractivity contribution in [1.82, 2.24) is 0 Å². The first-order chi connectivity index (χ1) is 25.8. The Kier molecular flexibility index (Phi) is 6.94. The standard InChI is InChI=1S/C52H41N/c1-51(2)47-21-9-7-17-43(47)45-30-26-37(33-49(45)51)35-23-27-39(28-24-35)53(41-29-25-34-13-5-6-14-36(34)31-41)40-16-11-15-38(32-40)42-19-12-20-46-44-18-8-10-22-48(44)52(3,4)50(42)46/h5-33H,1-4H3. The predicted octanol–water partition coefficient (Wildman–Crippen LogP) is 14.3. The molecule has 0 bridgehead atoms. The minimum Gasteiger partial charge on any atom is -0.310 e. The molecule has 0 saturated carbocycles. The van der Waals surface area contributed by atoms with Gasteiger partial charge in [-0.25, -0.2) is 0 Å². The number of nitrogens with zero attached hydrogens (tertiary/aromatic N) is 1. The van der Waals surface area contributed by atoms with Crippen LogP contribution in [0.3, 0.4) is 0 Å². The molecule has 0 N–H and O–H groups in total. The van der Waals surface area contributed by atoms with Crippen LogP contribution in [0.25, 0.3) is 55.3 Å². The zero-order valence-electron chi connectivity index (χ0n) is 30.7. The largest absolute Gasteiger partial charge is 0.310 e. The average Bonchev–Trinajstić information content (AvgIpc) is 3.58. The fraction of sp³-hybridized carbons (Fsp3) is 0.115. The highest BCUT2D eigenvalue weighted by Crippen LogP contribution is 2.53. The minimum atomic E-state index is -0.0953. The summed E-state index contributed by atoms with van der Waals surface area (Å²) in [6.07, 6.45) is 0. The van der Waals surface area contributed by atoms with Crippen molar-refractivity contribution in [1.29, 1.82) is 0 Å². The van der Waals surface area contributed by atoms with Gasteiger partial charge in [-0.3, -0.25) is 0 Å². The topological polar surface area (TPSA) is 3.24 Å². The van der Waals surface area contributed by atoms with E-state index in [4.69, 9.17) is 0 Å². The zero-order chi connectivity index (χ0) is 35.9. The molecule has 8 aromatic carbocycles. The van der Waals surface area contributed by atoms with E-state index in [-0.39, 0.29) is 10.8 Å². The molecule has 10 rings (SSSR count). The lowest BCUT2D eigenvalue weighted by molar-refractivity contribution is 0.660. The maximum Gasteiger partial charge on any atom is 0.0468 e. The van der Waals surface area contributed by atoms with Crippen LogP contribution in [-0.4, -0.2) is 0 Å². The summed E-state index contributed by atoms with van der Waals surface area (Å²) in [5, 5.41) is 2.47. The van der Waals surface area contributed by atoms with Crippen molar-refractivity contribution in [3.63, 3.8) is 0 Å². The molecule has 0 spiro atoms. The maximum atomic E-state index is 2.41. The van der Waals surface area contributed by atoms with Crippen molar-refractivity contribution in [2.24, 2.45) is 0 Å². The van der Waals surface area contributed by atoms with Crippen LogP contribution in [0.15, 0.2) is 176 Å². The molecule has 254 valence electrons. The Labute approximate surface area is 312 Å². The molecule has 0 heterocycles. The van der Waals surface area contributed by atoms with E-state index in [1.165, 1.54) is 77.5 Å². The molecule has 2 aliphatic carbocycles. The first kappa shape index (κ1) is 31.5. The second-order valence-electron chi connectivity index (χ2n) is 15.8. The number of hydrogen-bond acceptors (Lipinski definition) is 1. The van der Waals surface area contributed by atoms with Gasteiger partial charge in [0.2, 0.25) is 0 Å². The zero-order valence-corrected chi connectivity index (χ0v) is 30.7. The molecule has 1 nitrogen and oxygen atoms in total. The summed E-state index contributed by atoms with van der Waals surface area (Å²) in [5.41, 5.74) is 19.3. The number of fused-ring (bicyclic) bond motifs is 7. The Hall–Kier alpha value is -6.18. The van der Waals surface area contributed by atoms with E-state index in [0.29, 0.717) is 0 Å². The molecular weight excluding hydrogens is 639 g/mol. The molecule has 1 heteroatoms. The lowest BCUT2D eigenvalue weighted by atomic mass is 9.79. The van der Waals surface area contributed by atoms with Gasteiger partial charge in [-0.2, -0.15) is 0 Å². The van der Waals surface area contributed by atoms with Gasteiger partial charge in [0, 0.05) is 27.9 Å². The second-order valence-corrected chi connectivity index (χ2v) is 15.8. The van der Waals surface area contributed by atoms with Gasteiger partial charge in [-0.15, -0.1) is 0 Å². The van der Waals surface area contributed by atoms with Gasteiger partial charge >= 0.3 is 0 Å². The summed E-state index contributed by atoms with van der Waals surface area (Å²) in [6, 6.07) is 65.3. The van der Waals surface area contributed by atoms with Crippen molar-refractivity contribution in [2.45, 2.75) is 38.5 Å². The molecule has 2 aliphatic rings. The van der Waals surface area contributed by atoms with Crippen LogP contribution < -0.4 is 4.90 Å². The molecule has 0 aromatic heterocycles. The normalized spacial score (nSPS) is 14.3. The smallest absolute Gasteiger partial charge is 0.0468 e. The van der Waals surface area contributed by atoms with Crippen LogP contribution in [0.4, 0.5) is 17.1 Å². The maximum absolute atomic E-state index is 2.41. The molecule has 0 fully saturated rings. The fourth-order valence-corrected chi connectivity index (χ4v) is 9.35. The van der Waals surface area contributed by atoms with Crippen molar-refractivity contribution >= 4 is 27.8 Å². The predicted molar refractivity (Wildman–Crippen MR) is 225 cm³/mol. The summed E-state index contributed by atoms with van der Waals surface area (Å²) in [7, 11) is 0. The molecular formula is C52H41N. The monoisotopic (exact) mass is 679 g/mol. The van der Waals surface area contributed by atoms with Crippen LogP contribution in [0.5, 0.6) is 0 Å². The van der Waals surface area contributed by atoms with E-state index in [1.54, 1.807) is 0 Å². The van der Waals surface area contributed by atoms with E-state index < -0.39 is 0 Å². The van der Waals surface area contributed by atoms with Crippen molar-refractivity contribution < 1.29 is 0 Å². The van der Waals surface area contributed by atoms with Gasteiger partial charge in [0.1, 0.15) is 0 Å². The van der Waals surface area contributed by atoms with Crippen molar-refractivity contribution in [3.8, 4) is 44.5 Å². The molecule has 0 radical (unpaired) electrons. The quantitative estimate of drug-likeness (QED) is 0.175. The Balaban J connectivity index is 1.08. The lowest BCUT2D eigenvalue weighted by Gasteiger charge is -2.28. The van der Waals surface area contributed by atoms with Gasteiger partial charge in [-0.1, -0.05) is 161 Å². The fourth-order valence-electron chi connectivity index (χ4n) is 9.35. The Morgan fingerprint density at radius 3 is 1.68 bits per heavy atom. The summed E-state index contributed by atoms with van der Waals surface area (Å²) in [4.78, 5) is 2.41. The van der Waals surface area contributed by atoms with Gasteiger partial charge in [0.15, 0.2) is 0 Å². The number of anilines is 3. The van der Waals surface area contributed by atoms with Crippen LogP contribution in [0.1, 0.15) is 49.9 Å². The molecule has 0 amide bonds. The number of hydrogen-bond donors (Lipinski definition) is 0. The van der Waals surface area contributed by atoms with Crippen LogP contribution in [0.2, 0.25) is 0 Å². The summed E-state index contributed by atoms with van der Waals surface area (Å²) >= 11 is 0. The third kappa shape index (κ3) is 4.84. The Bertz CT molecular complexity index is 2730. The van der Waals surface area contributed by atoms with Gasteiger partial charge in [0.25, 0.3) is 0 Å². The average molecular weight is 680 g/mol. The third-order valence-corrected chi connectivity index (χ3v) is 12.0. The first-order valence-corrected chi connectivity index (χ1v) is 18.8. The minimum absolute atomic E-state index is 0.0311. The van der Waals surface area contributed by atoms with Crippen LogP contribution in [0, 0.1) is 0 Å². The van der Waals surface area contributed by atoms with Gasteiger partial charge in [-0.05, 0) is 120 Å². The van der Waals surface area contributed by atoms with Crippen molar-refractivity contribution in [2.75, 3.05) is 4.90 Å². The Morgan fingerprint density at radius 2 is 0.887 bits per heavy atom. The van der Waals surface area contributed by atoms with E-state index in [1.807, 2.05) is 0 Å². The SMILES string of the molecule is CC1(C)c2ccccc2-c2ccc(-c3ccc(N(c4cccc(-c5cccc6c5C(C)(C)c5ccccc5-6)c4)c4ccc5ccccc5c4)cc3)cc21.